The maximum atomic E-state index is 13.0. The van der Waals surface area contributed by atoms with Crippen molar-refractivity contribution in [3.05, 3.63) is 47.7 Å². The molecule has 18 heavy (non-hydrogen) atoms. The predicted molar refractivity (Wildman–Crippen MR) is 69.2 cm³/mol. The van der Waals surface area contributed by atoms with Crippen LogP contribution in [0.5, 0.6) is 0 Å². The number of furan rings is 1. The number of benzene rings is 1. The lowest BCUT2D eigenvalue weighted by atomic mass is 9.77. The first kappa shape index (κ1) is 13.2. The summed E-state index contributed by atoms with van der Waals surface area (Å²) >= 11 is 1.51. The fourth-order valence-electron chi connectivity index (χ4n) is 1.62. The van der Waals surface area contributed by atoms with Gasteiger partial charge in [0.25, 0.3) is 0 Å². The highest BCUT2D eigenvalue weighted by Gasteiger charge is 2.17. The summed E-state index contributed by atoms with van der Waals surface area (Å²) in [5.74, 6) is 0.854. The average molecular weight is 266 g/mol. The lowest BCUT2D eigenvalue weighted by molar-refractivity contribution is 0.425. The Balaban J connectivity index is 2.16. The summed E-state index contributed by atoms with van der Waals surface area (Å²) in [6, 6.07) is 5.86. The Hall–Kier alpha value is -1.24. The maximum Gasteiger partial charge on any atom is 0.488 e. The van der Waals surface area contributed by atoms with Crippen molar-refractivity contribution in [2.75, 3.05) is 0 Å². The van der Waals surface area contributed by atoms with Crippen molar-refractivity contribution in [2.45, 2.75) is 17.6 Å². The molecule has 0 fully saturated rings. The van der Waals surface area contributed by atoms with Crippen LogP contribution < -0.4 is 5.46 Å². The van der Waals surface area contributed by atoms with Gasteiger partial charge in [-0.1, -0.05) is 6.07 Å². The van der Waals surface area contributed by atoms with Gasteiger partial charge in [0.2, 0.25) is 0 Å². The third kappa shape index (κ3) is 2.96. The molecule has 1 aromatic heterocycles. The number of thioether (sulfide) groups is 1. The summed E-state index contributed by atoms with van der Waals surface area (Å²) < 4.78 is 18.2. The van der Waals surface area contributed by atoms with Crippen molar-refractivity contribution >= 4 is 24.3 Å². The molecule has 0 amide bonds. The van der Waals surface area contributed by atoms with Crippen molar-refractivity contribution in [2.24, 2.45) is 0 Å². The van der Waals surface area contributed by atoms with Crippen molar-refractivity contribution in [3.8, 4) is 0 Å². The molecule has 0 aliphatic carbocycles. The molecule has 2 aromatic rings. The molecule has 6 heteroatoms. The molecular weight excluding hydrogens is 254 g/mol. The second-order valence-corrected chi connectivity index (χ2v) is 4.86. The zero-order valence-electron chi connectivity index (χ0n) is 9.76. The first-order chi connectivity index (χ1) is 8.58. The molecule has 2 rings (SSSR count). The third-order valence-corrected chi connectivity index (χ3v) is 3.77. The standard InChI is InChI=1S/C12H12BFO3S/c1-8-12(4-5-17-8)18-7-9-2-3-10(14)6-11(9)13(15)16/h2-6,15-16H,7H2,1H3. The van der Waals surface area contributed by atoms with Gasteiger partial charge in [0.05, 0.1) is 6.26 Å². The Morgan fingerprint density at radius 1 is 1.33 bits per heavy atom. The summed E-state index contributed by atoms with van der Waals surface area (Å²) in [6.45, 7) is 1.86. The molecule has 0 saturated heterocycles. The highest BCUT2D eigenvalue weighted by molar-refractivity contribution is 7.98. The van der Waals surface area contributed by atoms with Crippen molar-refractivity contribution in [1.82, 2.24) is 0 Å². The van der Waals surface area contributed by atoms with Gasteiger partial charge in [-0.15, -0.1) is 11.8 Å². The van der Waals surface area contributed by atoms with Crippen LogP contribution >= 0.6 is 11.8 Å². The Kier molecular flexibility index (Phi) is 4.11. The molecule has 3 nitrogen and oxygen atoms in total. The summed E-state index contributed by atoms with van der Waals surface area (Å²) in [5, 5.41) is 18.4. The van der Waals surface area contributed by atoms with E-state index in [-0.39, 0.29) is 5.46 Å². The van der Waals surface area contributed by atoms with E-state index in [2.05, 4.69) is 0 Å². The second kappa shape index (κ2) is 5.60. The zero-order valence-corrected chi connectivity index (χ0v) is 10.6. The quantitative estimate of drug-likeness (QED) is 0.653. The molecule has 1 heterocycles. The van der Waals surface area contributed by atoms with Gasteiger partial charge in [0.15, 0.2) is 0 Å². The summed E-state index contributed by atoms with van der Waals surface area (Å²) in [6.07, 6.45) is 1.60. The highest BCUT2D eigenvalue weighted by Crippen LogP contribution is 2.26. The molecule has 0 saturated carbocycles. The van der Waals surface area contributed by atoms with E-state index < -0.39 is 12.9 Å². The molecule has 0 aliphatic heterocycles. The number of aryl methyl sites for hydroxylation is 1. The van der Waals surface area contributed by atoms with Gasteiger partial charge < -0.3 is 14.5 Å². The van der Waals surface area contributed by atoms with E-state index in [4.69, 9.17) is 4.42 Å². The Morgan fingerprint density at radius 2 is 2.11 bits per heavy atom. The van der Waals surface area contributed by atoms with Crippen LogP contribution in [0, 0.1) is 12.7 Å². The van der Waals surface area contributed by atoms with Crippen molar-refractivity contribution in [3.63, 3.8) is 0 Å². The van der Waals surface area contributed by atoms with Crippen molar-refractivity contribution in [1.29, 1.82) is 0 Å². The van der Waals surface area contributed by atoms with E-state index in [0.717, 1.165) is 16.7 Å². The van der Waals surface area contributed by atoms with Crippen LogP contribution in [0.4, 0.5) is 4.39 Å². The van der Waals surface area contributed by atoms with Crippen LogP contribution in [-0.4, -0.2) is 17.2 Å². The smallest absolute Gasteiger partial charge is 0.468 e. The molecule has 1 aromatic carbocycles. The molecule has 0 spiro atoms. The van der Waals surface area contributed by atoms with Gasteiger partial charge in [-0.2, -0.15) is 0 Å². The first-order valence-corrected chi connectivity index (χ1v) is 6.38. The monoisotopic (exact) mass is 266 g/mol. The van der Waals surface area contributed by atoms with Crippen LogP contribution in [0.25, 0.3) is 0 Å². The van der Waals surface area contributed by atoms with Crippen LogP contribution in [0.2, 0.25) is 0 Å². The van der Waals surface area contributed by atoms with Crippen LogP contribution in [0.3, 0.4) is 0 Å². The summed E-state index contributed by atoms with van der Waals surface area (Å²) in [4.78, 5) is 0.984. The lowest BCUT2D eigenvalue weighted by Gasteiger charge is -2.08. The van der Waals surface area contributed by atoms with E-state index in [1.54, 1.807) is 12.3 Å². The van der Waals surface area contributed by atoms with Gasteiger partial charge in [-0.3, -0.25) is 0 Å². The SMILES string of the molecule is Cc1occc1SCc1ccc(F)cc1B(O)O. The third-order valence-electron chi connectivity index (χ3n) is 2.58. The van der Waals surface area contributed by atoms with E-state index in [1.807, 2.05) is 13.0 Å². The topological polar surface area (TPSA) is 53.6 Å². The summed E-state index contributed by atoms with van der Waals surface area (Å²) in [5.41, 5.74) is 0.889. The van der Waals surface area contributed by atoms with Gasteiger partial charge >= 0.3 is 7.12 Å². The van der Waals surface area contributed by atoms with Crippen LogP contribution in [0.1, 0.15) is 11.3 Å². The first-order valence-electron chi connectivity index (χ1n) is 5.39. The van der Waals surface area contributed by atoms with Crippen molar-refractivity contribution < 1.29 is 18.9 Å². The highest BCUT2D eigenvalue weighted by atomic mass is 32.2. The molecule has 0 aliphatic rings. The van der Waals surface area contributed by atoms with E-state index in [1.165, 1.54) is 17.8 Å². The van der Waals surface area contributed by atoms with Gasteiger partial charge in [-0.25, -0.2) is 4.39 Å². The average Bonchev–Trinajstić information content (AvgIpc) is 2.73. The fraction of sp³-hybridized carbons (Fsp3) is 0.167. The largest absolute Gasteiger partial charge is 0.488 e. The molecule has 0 bridgehead atoms. The predicted octanol–water partition coefficient (Wildman–Crippen LogP) is 1.70. The van der Waals surface area contributed by atoms with E-state index >= 15 is 0 Å². The van der Waals surface area contributed by atoms with E-state index in [0.29, 0.717) is 11.3 Å². The Bertz CT molecular complexity index is 542. The minimum atomic E-state index is -1.67. The minimum Gasteiger partial charge on any atom is -0.468 e. The number of rotatable bonds is 4. The molecule has 94 valence electrons. The van der Waals surface area contributed by atoms with E-state index in [9.17, 15) is 14.4 Å². The summed E-state index contributed by atoms with van der Waals surface area (Å²) in [7, 11) is -1.67. The van der Waals surface area contributed by atoms with Gasteiger partial charge in [-0.05, 0) is 36.1 Å². The maximum absolute atomic E-state index is 13.0. The van der Waals surface area contributed by atoms with Crippen LogP contribution in [0.15, 0.2) is 39.8 Å². The normalized spacial score (nSPS) is 10.7. The van der Waals surface area contributed by atoms with Gasteiger partial charge in [0, 0.05) is 10.6 Å². The Morgan fingerprint density at radius 3 is 2.72 bits per heavy atom. The lowest BCUT2D eigenvalue weighted by Crippen LogP contribution is -2.33. The number of halogens is 1. The van der Waals surface area contributed by atoms with Crippen LogP contribution in [-0.2, 0) is 5.75 Å². The number of hydrogen-bond donors (Lipinski definition) is 2. The minimum absolute atomic E-state index is 0.198. The molecule has 0 atom stereocenters. The zero-order chi connectivity index (χ0) is 13.1. The second-order valence-electron chi connectivity index (χ2n) is 3.85. The molecule has 0 unspecified atom stereocenters. The van der Waals surface area contributed by atoms with Gasteiger partial charge in [0.1, 0.15) is 11.6 Å². The molecule has 0 radical (unpaired) electrons. The Labute approximate surface area is 109 Å². The number of hydrogen-bond acceptors (Lipinski definition) is 4. The molecular formula is C12H12BFO3S. The fourth-order valence-corrected chi connectivity index (χ4v) is 2.59. The molecule has 2 N–H and O–H groups in total.